The van der Waals surface area contributed by atoms with Crippen LogP contribution in [-0.4, -0.2) is 64.9 Å². The lowest BCUT2D eigenvalue weighted by molar-refractivity contribution is 0.149. The molecule has 0 unspecified atom stereocenters. The van der Waals surface area contributed by atoms with Gasteiger partial charge in [0, 0.05) is 62.1 Å². The van der Waals surface area contributed by atoms with E-state index in [1.165, 1.54) is 6.33 Å². The topological polar surface area (TPSA) is 122 Å². The third kappa shape index (κ3) is 3.53. The summed E-state index contributed by atoms with van der Waals surface area (Å²) < 4.78 is 1.71. The average molecular weight is 374 g/mol. The van der Waals surface area contributed by atoms with Crippen molar-refractivity contribution in [3.05, 3.63) is 30.0 Å². The van der Waals surface area contributed by atoms with Crippen molar-refractivity contribution >= 4 is 28.6 Å². The molecule has 1 fully saturated rings. The van der Waals surface area contributed by atoms with Crippen molar-refractivity contribution in [1.82, 2.24) is 34.8 Å². The molecule has 0 saturated carbocycles. The number of nitrogens with two attached hydrogens (primary N) is 1. The fourth-order valence-corrected chi connectivity index (χ4v) is 4.47. The van der Waals surface area contributed by atoms with Crippen LogP contribution in [0.1, 0.15) is 11.3 Å². The Kier molecular flexibility index (Phi) is 4.79. The SMILES string of the molecule is Cn1cc(CSC[C@H]2CN(Cc3c[nH]c4c(N)ncnc34)C[C@@H]2O)nn1. The number of H-pyrrole nitrogens is 1. The van der Waals surface area contributed by atoms with Crippen molar-refractivity contribution < 1.29 is 5.11 Å². The van der Waals surface area contributed by atoms with Gasteiger partial charge in [-0.25, -0.2) is 9.97 Å². The number of β-amino-alcohol motifs (C(OH)–C–C–N with tert-alkyl or cyclic N) is 1. The summed E-state index contributed by atoms with van der Waals surface area (Å²) in [7, 11) is 1.86. The maximum atomic E-state index is 10.4. The molecule has 0 aliphatic carbocycles. The van der Waals surface area contributed by atoms with Crippen LogP contribution >= 0.6 is 11.8 Å². The Hall–Kier alpha value is -2.17. The number of aryl methyl sites for hydroxylation is 1. The quantitative estimate of drug-likeness (QED) is 0.567. The molecule has 3 aromatic rings. The molecule has 4 rings (SSSR count). The Morgan fingerprint density at radius 2 is 2.27 bits per heavy atom. The summed E-state index contributed by atoms with van der Waals surface area (Å²) >= 11 is 1.79. The standard InChI is InChI=1S/C16H22N8OS/c1-23-5-12(21-22-23)8-26-7-11-4-24(6-13(11)25)3-10-2-18-15-14(10)19-9-20-16(15)17/h2,5,9,11,13,18,25H,3-4,6-8H2,1H3,(H2,17,19,20)/t11-,13+/m1/s1. The summed E-state index contributed by atoms with van der Waals surface area (Å²) in [5.41, 5.74) is 9.55. The first-order valence-corrected chi connectivity index (χ1v) is 9.65. The number of likely N-dealkylation sites (tertiary alicyclic amines) is 1. The van der Waals surface area contributed by atoms with Gasteiger partial charge < -0.3 is 15.8 Å². The van der Waals surface area contributed by atoms with Crippen LogP contribution in [-0.2, 0) is 19.3 Å². The zero-order chi connectivity index (χ0) is 18.1. The molecular formula is C16H22N8OS. The highest BCUT2D eigenvalue weighted by Crippen LogP contribution is 2.26. The van der Waals surface area contributed by atoms with Crippen molar-refractivity contribution in [2.24, 2.45) is 13.0 Å². The Balaban J connectivity index is 1.33. The summed E-state index contributed by atoms with van der Waals surface area (Å²) in [4.78, 5) is 13.8. The van der Waals surface area contributed by atoms with E-state index in [0.717, 1.165) is 46.9 Å². The van der Waals surface area contributed by atoms with Crippen LogP contribution in [0.15, 0.2) is 18.7 Å². The van der Waals surface area contributed by atoms with E-state index in [-0.39, 0.29) is 12.0 Å². The Labute approximate surface area is 155 Å². The van der Waals surface area contributed by atoms with E-state index in [1.54, 1.807) is 16.4 Å². The lowest BCUT2D eigenvalue weighted by Gasteiger charge is -2.14. The number of aliphatic hydroxyl groups is 1. The van der Waals surface area contributed by atoms with Crippen LogP contribution in [0.3, 0.4) is 0 Å². The molecule has 0 bridgehead atoms. The van der Waals surface area contributed by atoms with Crippen molar-refractivity contribution in [2.45, 2.75) is 18.4 Å². The number of aromatic amines is 1. The van der Waals surface area contributed by atoms with Gasteiger partial charge in [0.15, 0.2) is 5.82 Å². The number of rotatable bonds is 6. The first-order chi connectivity index (χ1) is 12.6. The summed E-state index contributed by atoms with van der Waals surface area (Å²) in [5.74, 6) is 2.43. The Morgan fingerprint density at radius 3 is 3.08 bits per heavy atom. The second kappa shape index (κ2) is 7.22. The number of nitrogens with zero attached hydrogens (tertiary/aromatic N) is 6. The van der Waals surface area contributed by atoms with E-state index in [4.69, 9.17) is 5.73 Å². The van der Waals surface area contributed by atoms with Gasteiger partial charge >= 0.3 is 0 Å². The number of nitrogen functional groups attached to an aromatic ring is 1. The number of aromatic nitrogens is 6. The van der Waals surface area contributed by atoms with Crippen molar-refractivity contribution in [2.75, 3.05) is 24.6 Å². The average Bonchev–Trinajstić information content (AvgIpc) is 3.30. The normalized spacial score (nSPS) is 21.0. The molecule has 3 aromatic heterocycles. The highest BCUT2D eigenvalue weighted by molar-refractivity contribution is 7.98. The minimum atomic E-state index is -0.311. The van der Waals surface area contributed by atoms with E-state index in [1.807, 2.05) is 19.4 Å². The number of thioether (sulfide) groups is 1. The van der Waals surface area contributed by atoms with Crippen molar-refractivity contribution in [3.8, 4) is 0 Å². The van der Waals surface area contributed by atoms with Crippen LogP contribution in [0.4, 0.5) is 5.82 Å². The molecule has 26 heavy (non-hydrogen) atoms. The minimum absolute atomic E-state index is 0.251. The van der Waals surface area contributed by atoms with Crippen molar-refractivity contribution in [1.29, 1.82) is 0 Å². The molecular weight excluding hydrogens is 352 g/mol. The molecule has 1 saturated heterocycles. The number of aliphatic hydroxyl groups excluding tert-OH is 1. The number of hydrogen-bond donors (Lipinski definition) is 3. The molecule has 4 heterocycles. The molecule has 0 aromatic carbocycles. The number of nitrogens with one attached hydrogen (secondary N) is 1. The van der Waals surface area contributed by atoms with Crippen LogP contribution in [0.25, 0.3) is 11.0 Å². The Bertz CT molecular complexity index is 893. The van der Waals surface area contributed by atoms with Gasteiger partial charge in [0.25, 0.3) is 0 Å². The molecule has 4 N–H and O–H groups in total. The fraction of sp³-hybridized carbons (Fsp3) is 0.500. The van der Waals surface area contributed by atoms with E-state index in [2.05, 4.69) is 30.2 Å². The third-order valence-corrected chi connectivity index (χ3v) is 5.84. The summed E-state index contributed by atoms with van der Waals surface area (Å²) in [5, 5.41) is 18.4. The predicted octanol–water partition coefficient (Wildman–Crippen LogP) is 0.395. The number of hydrogen-bond acceptors (Lipinski definition) is 8. The zero-order valence-corrected chi connectivity index (χ0v) is 15.4. The van der Waals surface area contributed by atoms with E-state index in [9.17, 15) is 5.11 Å². The van der Waals surface area contributed by atoms with Gasteiger partial charge in [0.05, 0.1) is 17.3 Å². The summed E-state index contributed by atoms with van der Waals surface area (Å²) in [6, 6.07) is 0. The molecule has 0 radical (unpaired) electrons. The van der Waals surface area contributed by atoms with E-state index in [0.29, 0.717) is 12.4 Å². The van der Waals surface area contributed by atoms with Crippen LogP contribution in [0.5, 0.6) is 0 Å². The predicted molar refractivity (Wildman–Crippen MR) is 100 cm³/mol. The molecule has 1 aliphatic rings. The first-order valence-electron chi connectivity index (χ1n) is 8.50. The minimum Gasteiger partial charge on any atom is -0.391 e. The lowest BCUT2D eigenvalue weighted by Crippen LogP contribution is -2.21. The molecule has 1 aliphatic heterocycles. The zero-order valence-electron chi connectivity index (χ0n) is 14.5. The second-order valence-corrected chi connectivity index (χ2v) is 7.75. The molecule has 2 atom stereocenters. The van der Waals surface area contributed by atoms with Gasteiger partial charge in [-0.2, -0.15) is 11.8 Å². The second-order valence-electron chi connectivity index (χ2n) is 6.72. The highest BCUT2D eigenvalue weighted by atomic mass is 32.2. The molecule has 0 spiro atoms. The smallest absolute Gasteiger partial charge is 0.151 e. The fourth-order valence-electron chi connectivity index (χ4n) is 3.38. The van der Waals surface area contributed by atoms with Gasteiger partial charge in [-0.05, 0) is 0 Å². The summed E-state index contributed by atoms with van der Waals surface area (Å²) in [6.45, 7) is 2.27. The first kappa shape index (κ1) is 17.3. The molecule has 10 heteroatoms. The van der Waals surface area contributed by atoms with Crippen molar-refractivity contribution in [3.63, 3.8) is 0 Å². The van der Waals surface area contributed by atoms with Gasteiger partial charge in [0.1, 0.15) is 11.8 Å². The van der Waals surface area contributed by atoms with Gasteiger partial charge in [-0.15, -0.1) is 5.10 Å². The van der Waals surface area contributed by atoms with E-state index >= 15 is 0 Å². The summed E-state index contributed by atoms with van der Waals surface area (Å²) in [6.07, 6.45) is 5.03. The van der Waals surface area contributed by atoms with Gasteiger partial charge in [-0.3, -0.25) is 9.58 Å². The van der Waals surface area contributed by atoms with Gasteiger partial charge in [0.2, 0.25) is 0 Å². The Morgan fingerprint density at radius 1 is 1.38 bits per heavy atom. The number of fused-ring (bicyclic) bond motifs is 1. The van der Waals surface area contributed by atoms with Gasteiger partial charge in [-0.1, -0.05) is 5.21 Å². The highest BCUT2D eigenvalue weighted by Gasteiger charge is 2.31. The molecule has 138 valence electrons. The third-order valence-electron chi connectivity index (χ3n) is 4.68. The maximum Gasteiger partial charge on any atom is 0.151 e. The molecule has 9 nitrogen and oxygen atoms in total. The monoisotopic (exact) mass is 374 g/mol. The van der Waals surface area contributed by atoms with Crippen LogP contribution in [0, 0.1) is 5.92 Å². The number of anilines is 1. The largest absolute Gasteiger partial charge is 0.391 e. The maximum absolute atomic E-state index is 10.4. The van der Waals surface area contributed by atoms with Crippen LogP contribution < -0.4 is 5.73 Å². The molecule has 0 amide bonds. The lowest BCUT2D eigenvalue weighted by atomic mass is 10.1. The van der Waals surface area contributed by atoms with E-state index < -0.39 is 0 Å². The van der Waals surface area contributed by atoms with Crippen LogP contribution in [0.2, 0.25) is 0 Å².